The van der Waals surface area contributed by atoms with Crippen LogP contribution in [0.15, 0.2) is 34.2 Å². The van der Waals surface area contributed by atoms with Crippen LogP contribution in [0.5, 0.6) is 34.5 Å². The van der Waals surface area contributed by atoms with Crippen LogP contribution in [0.1, 0.15) is 124 Å². The summed E-state index contributed by atoms with van der Waals surface area (Å²) in [5, 5.41) is 114. The number of aliphatic hydroxyl groups is 4. The van der Waals surface area contributed by atoms with Crippen molar-refractivity contribution in [3.8, 4) is 34.5 Å². The number of aliphatic hydroxyl groups excluding tert-OH is 4. The maximum Gasteiger partial charge on any atom is 0.180 e. The van der Waals surface area contributed by atoms with Gasteiger partial charge in [-0.25, -0.2) is 0 Å². The Labute approximate surface area is 325 Å². The standard InChI is InChI=1S/C41H44O16/c1-9-11-18(44)22-28(46)16(30(48)24(34(22)52)26-32(50)20(14(3)42)36(54)40(5,6)38(26)56)13-17-29(47)23(19(45)12-10-2)35(53)25(31(17)49)27-33(51)21(15(4)43)37(55)41(7,8)39(27)57/h46-55H,9-13H2,1-8H3. The first-order valence-corrected chi connectivity index (χ1v) is 17.8. The molecule has 0 saturated carbocycles. The van der Waals surface area contributed by atoms with Crippen LogP contribution in [0, 0.1) is 10.8 Å². The second kappa shape index (κ2) is 14.8. The summed E-state index contributed by atoms with van der Waals surface area (Å²) in [7, 11) is 0. The Hall–Kier alpha value is -6.58. The molecular formula is C41H44O16. The zero-order chi connectivity index (χ0) is 43.5. The predicted molar refractivity (Wildman–Crippen MR) is 202 cm³/mol. The Morgan fingerprint density at radius 3 is 1.05 bits per heavy atom. The molecule has 304 valence electrons. The van der Waals surface area contributed by atoms with E-state index in [9.17, 15) is 79.8 Å². The van der Waals surface area contributed by atoms with Crippen LogP contribution in [0.3, 0.4) is 0 Å². The van der Waals surface area contributed by atoms with Gasteiger partial charge in [0.05, 0.1) is 44.2 Å². The molecule has 2 aromatic carbocycles. The molecule has 16 heteroatoms. The van der Waals surface area contributed by atoms with Gasteiger partial charge in [0.1, 0.15) is 68.7 Å². The number of rotatable bonds is 12. The number of Topliss-reactive ketones (excluding diaryl/α,β-unsaturated/α-hetero) is 6. The van der Waals surface area contributed by atoms with E-state index in [0.29, 0.717) is 0 Å². The molecule has 10 N–H and O–H groups in total. The van der Waals surface area contributed by atoms with E-state index < -0.39 is 165 Å². The first-order chi connectivity index (χ1) is 26.3. The number of aromatic hydroxyl groups is 6. The molecule has 4 rings (SSSR count). The van der Waals surface area contributed by atoms with Crippen molar-refractivity contribution in [2.24, 2.45) is 10.8 Å². The van der Waals surface area contributed by atoms with Crippen molar-refractivity contribution < 1.29 is 79.8 Å². The molecule has 2 aliphatic carbocycles. The minimum atomic E-state index is -1.98. The molecule has 0 aliphatic heterocycles. The number of hydrogen-bond acceptors (Lipinski definition) is 16. The Balaban J connectivity index is 2.26. The summed E-state index contributed by atoms with van der Waals surface area (Å²) in [5.74, 6) is -17.8. The van der Waals surface area contributed by atoms with Crippen molar-refractivity contribution >= 4 is 45.8 Å². The number of benzene rings is 2. The maximum atomic E-state index is 13.9. The fourth-order valence-electron chi connectivity index (χ4n) is 7.03. The third-order valence-electron chi connectivity index (χ3n) is 10.3. The Morgan fingerprint density at radius 2 is 0.789 bits per heavy atom. The Kier molecular flexibility index (Phi) is 11.2. The molecule has 0 radical (unpaired) electrons. The van der Waals surface area contributed by atoms with Crippen LogP contribution in [0.25, 0.3) is 11.1 Å². The lowest BCUT2D eigenvalue weighted by molar-refractivity contribution is -0.122. The van der Waals surface area contributed by atoms with E-state index in [4.69, 9.17) is 0 Å². The summed E-state index contributed by atoms with van der Waals surface area (Å²) in [6.45, 7) is 9.65. The fourth-order valence-corrected chi connectivity index (χ4v) is 7.03. The smallest absolute Gasteiger partial charge is 0.180 e. The highest BCUT2D eigenvalue weighted by atomic mass is 16.3. The lowest BCUT2D eigenvalue weighted by atomic mass is 9.72. The maximum absolute atomic E-state index is 13.9. The van der Waals surface area contributed by atoms with Gasteiger partial charge in [-0.2, -0.15) is 0 Å². The molecule has 16 nitrogen and oxygen atoms in total. The second-order valence-corrected chi connectivity index (χ2v) is 15.0. The minimum absolute atomic E-state index is 0.134. The predicted octanol–water partition coefficient (Wildman–Crippen LogP) is 6.03. The van der Waals surface area contributed by atoms with Gasteiger partial charge in [-0.3, -0.25) is 28.8 Å². The molecule has 0 spiro atoms. The molecule has 0 fully saturated rings. The summed E-state index contributed by atoms with van der Waals surface area (Å²) in [4.78, 5) is 80.0. The number of hydrogen-bond donors (Lipinski definition) is 10. The third kappa shape index (κ3) is 6.43. The van der Waals surface area contributed by atoms with Crippen LogP contribution in [-0.2, 0) is 25.6 Å². The quantitative estimate of drug-likeness (QED) is 0.110. The molecule has 2 aliphatic rings. The Bertz CT molecular complexity index is 2200. The van der Waals surface area contributed by atoms with Crippen LogP contribution in [0.2, 0.25) is 0 Å². The van der Waals surface area contributed by atoms with Gasteiger partial charge in [0.15, 0.2) is 34.7 Å². The van der Waals surface area contributed by atoms with E-state index in [1.165, 1.54) is 0 Å². The van der Waals surface area contributed by atoms with E-state index in [2.05, 4.69) is 0 Å². The van der Waals surface area contributed by atoms with E-state index in [0.717, 1.165) is 41.5 Å². The first-order valence-electron chi connectivity index (χ1n) is 17.8. The minimum Gasteiger partial charge on any atom is -0.510 e. The van der Waals surface area contributed by atoms with Crippen molar-refractivity contribution in [3.05, 3.63) is 67.6 Å². The van der Waals surface area contributed by atoms with Crippen molar-refractivity contribution in [1.29, 1.82) is 0 Å². The number of phenols is 6. The molecule has 0 atom stereocenters. The molecule has 0 saturated heterocycles. The van der Waals surface area contributed by atoms with E-state index in [1.54, 1.807) is 13.8 Å². The van der Waals surface area contributed by atoms with Crippen molar-refractivity contribution in [2.75, 3.05) is 0 Å². The molecule has 0 heterocycles. The average molecular weight is 793 g/mol. The summed E-state index contributed by atoms with van der Waals surface area (Å²) >= 11 is 0. The van der Waals surface area contributed by atoms with E-state index >= 15 is 0 Å². The van der Waals surface area contributed by atoms with Gasteiger partial charge in [-0.05, 0) is 54.4 Å². The molecule has 0 unspecified atom stereocenters. The van der Waals surface area contributed by atoms with Gasteiger partial charge in [0, 0.05) is 30.4 Å². The highest BCUT2D eigenvalue weighted by Crippen LogP contribution is 2.55. The van der Waals surface area contributed by atoms with Gasteiger partial charge >= 0.3 is 0 Å². The number of carbonyl (C=O) groups is 6. The highest BCUT2D eigenvalue weighted by molar-refractivity contribution is 6.31. The van der Waals surface area contributed by atoms with Crippen LogP contribution in [0.4, 0.5) is 0 Å². The zero-order valence-corrected chi connectivity index (χ0v) is 32.5. The number of carbonyl (C=O) groups excluding carboxylic acids is 6. The summed E-state index contributed by atoms with van der Waals surface area (Å²) in [6, 6.07) is 0. The van der Waals surface area contributed by atoms with Crippen molar-refractivity contribution in [2.45, 2.75) is 87.5 Å². The number of ketones is 6. The second-order valence-electron chi connectivity index (χ2n) is 15.0. The van der Waals surface area contributed by atoms with Crippen molar-refractivity contribution in [3.63, 3.8) is 0 Å². The van der Waals surface area contributed by atoms with Gasteiger partial charge in [-0.15, -0.1) is 0 Å². The summed E-state index contributed by atoms with van der Waals surface area (Å²) in [6.07, 6.45) is -1.60. The monoisotopic (exact) mass is 792 g/mol. The number of phenolic OH excluding ortho intramolecular Hbond substituents is 6. The van der Waals surface area contributed by atoms with Gasteiger partial charge < -0.3 is 51.1 Å². The van der Waals surface area contributed by atoms with E-state index in [1.807, 2.05) is 0 Å². The van der Waals surface area contributed by atoms with Gasteiger partial charge in [0.2, 0.25) is 0 Å². The lowest BCUT2D eigenvalue weighted by Crippen LogP contribution is -2.34. The number of allylic oxidation sites excluding steroid dienone is 6. The molecule has 0 bridgehead atoms. The van der Waals surface area contributed by atoms with E-state index in [-0.39, 0.29) is 25.7 Å². The molecule has 57 heavy (non-hydrogen) atoms. The van der Waals surface area contributed by atoms with Crippen molar-refractivity contribution in [1.82, 2.24) is 0 Å². The molecule has 0 amide bonds. The molecule has 0 aromatic heterocycles. The topological polar surface area (TPSA) is 305 Å². The van der Waals surface area contributed by atoms with Crippen LogP contribution < -0.4 is 0 Å². The van der Waals surface area contributed by atoms with Gasteiger partial charge in [-0.1, -0.05) is 13.8 Å². The summed E-state index contributed by atoms with van der Waals surface area (Å²) in [5.41, 5.74) is -13.1. The normalized spacial score (nSPS) is 16.8. The fraction of sp³-hybridized carbons (Fsp3) is 0.366. The highest BCUT2D eigenvalue weighted by Gasteiger charge is 2.49. The summed E-state index contributed by atoms with van der Waals surface area (Å²) < 4.78 is 0. The average Bonchev–Trinajstić information content (AvgIpc) is 3.09. The van der Waals surface area contributed by atoms with Gasteiger partial charge in [0.25, 0.3) is 0 Å². The first kappa shape index (κ1) is 43.2. The lowest BCUT2D eigenvalue weighted by Gasteiger charge is -2.32. The molecular weight excluding hydrogens is 748 g/mol. The largest absolute Gasteiger partial charge is 0.510 e. The zero-order valence-electron chi connectivity index (χ0n) is 32.5. The Morgan fingerprint density at radius 1 is 0.491 bits per heavy atom. The third-order valence-corrected chi connectivity index (χ3v) is 10.3. The SMILES string of the molecule is CCCC(=O)c1c(O)c(Cc2c(O)c(C(=O)CCC)c(O)c(C3=C(O)C(C(C)=O)=C(O)C(C)(C)C3=O)c2O)c(O)c(C2=C(O)C(C(C)=O)=C(O)C(C)(C)C2=O)c1O. The molecule has 2 aromatic rings. The van der Waals surface area contributed by atoms with Crippen LogP contribution >= 0.6 is 0 Å². The van der Waals surface area contributed by atoms with Crippen LogP contribution in [-0.4, -0.2) is 85.8 Å².